The molecule has 0 saturated carbocycles. The van der Waals surface area contributed by atoms with Gasteiger partial charge in [0.1, 0.15) is 11.4 Å². The van der Waals surface area contributed by atoms with Crippen LogP contribution in [0.15, 0.2) is 22.7 Å². The molecule has 0 N–H and O–H groups in total. The summed E-state index contributed by atoms with van der Waals surface area (Å²) in [5.41, 5.74) is 0.276. The van der Waals surface area contributed by atoms with Crippen LogP contribution in [0.25, 0.3) is 0 Å². The minimum atomic E-state index is -0.681. The summed E-state index contributed by atoms with van der Waals surface area (Å²) >= 11 is 3.45. The fourth-order valence-corrected chi connectivity index (χ4v) is 3.24. The van der Waals surface area contributed by atoms with Crippen molar-refractivity contribution >= 4 is 21.7 Å². The molecular formula is C16H21BrO4. The molecule has 4 nitrogen and oxygen atoms in total. The van der Waals surface area contributed by atoms with E-state index >= 15 is 0 Å². The molecule has 0 bridgehead atoms. The Bertz CT molecular complexity index is 490. The SMILES string of the molecule is CCOC1(C(=O)Cc2ccc(OC)c(Br)c2)CCOCC1. The van der Waals surface area contributed by atoms with Crippen LogP contribution in [-0.2, 0) is 20.7 Å². The van der Waals surface area contributed by atoms with Gasteiger partial charge in [-0.15, -0.1) is 0 Å². The molecule has 1 saturated heterocycles. The van der Waals surface area contributed by atoms with Crippen LogP contribution in [0.5, 0.6) is 5.75 Å². The summed E-state index contributed by atoms with van der Waals surface area (Å²) in [6.07, 6.45) is 1.64. The Kier molecular flexibility index (Phi) is 5.79. The van der Waals surface area contributed by atoms with Crippen molar-refractivity contribution < 1.29 is 19.0 Å². The van der Waals surface area contributed by atoms with Gasteiger partial charge >= 0.3 is 0 Å². The summed E-state index contributed by atoms with van der Waals surface area (Å²) < 4.78 is 17.2. The summed E-state index contributed by atoms with van der Waals surface area (Å²) in [7, 11) is 1.62. The van der Waals surface area contributed by atoms with Crippen LogP contribution < -0.4 is 4.74 Å². The van der Waals surface area contributed by atoms with Crippen LogP contribution in [-0.4, -0.2) is 38.3 Å². The molecule has 5 heteroatoms. The molecule has 1 aromatic rings. The number of carbonyl (C=O) groups is 1. The van der Waals surface area contributed by atoms with E-state index in [1.54, 1.807) is 7.11 Å². The zero-order valence-electron chi connectivity index (χ0n) is 12.5. The monoisotopic (exact) mass is 356 g/mol. The lowest BCUT2D eigenvalue weighted by Crippen LogP contribution is -2.47. The second-order valence-electron chi connectivity index (χ2n) is 5.11. The first-order chi connectivity index (χ1) is 10.1. The van der Waals surface area contributed by atoms with Crippen molar-refractivity contribution in [1.29, 1.82) is 0 Å². The average molecular weight is 357 g/mol. The van der Waals surface area contributed by atoms with E-state index in [0.29, 0.717) is 39.1 Å². The molecule has 1 fully saturated rings. The summed E-state index contributed by atoms with van der Waals surface area (Å²) in [6.45, 7) is 3.63. The average Bonchev–Trinajstić information content (AvgIpc) is 2.48. The number of hydrogen-bond donors (Lipinski definition) is 0. The highest BCUT2D eigenvalue weighted by Crippen LogP contribution is 2.30. The molecule has 2 rings (SSSR count). The number of carbonyl (C=O) groups excluding carboxylic acids is 1. The molecule has 1 heterocycles. The molecule has 116 valence electrons. The predicted molar refractivity (Wildman–Crippen MR) is 83.8 cm³/mol. The van der Waals surface area contributed by atoms with E-state index in [1.807, 2.05) is 25.1 Å². The van der Waals surface area contributed by atoms with Gasteiger partial charge in [-0.2, -0.15) is 0 Å². The van der Waals surface area contributed by atoms with Crippen molar-refractivity contribution in [3.05, 3.63) is 28.2 Å². The second-order valence-corrected chi connectivity index (χ2v) is 5.96. The van der Waals surface area contributed by atoms with Crippen molar-refractivity contribution in [2.75, 3.05) is 26.9 Å². The third kappa shape index (κ3) is 3.84. The number of Topliss-reactive ketones (excluding diaryl/α,β-unsaturated/α-hetero) is 1. The summed E-state index contributed by atoms with van der Waals surface area (Å²) in [6, 6.07) is 5.71. The Labute approximate surface area is 133 Å². The smallest absolute Gasteiger partial charge is 0.169 e. The first-order valence-electron chi connectivity index (χ1n) is 7.18. The van der Waals surface area contributed by atoms with Crippen molar-refractivity contribution in [1.82, 2.24) is 0 Å². The van der Waals surface area contributed by atoms with Crippen molar-refractivity contribution in [2.45, 2.75) is 31.8 Å². The number of ketones is 1. The molecule has 0 radical (unpaired) electrons. The minimum Gasteiger partial charge on any atom is -0.496 e. The van der Waals surface area contributed by atoms with Gasteiger partial charge in [0.05, 0.1) is 11.6 Å². The largest absolute Gasteiger partial charge is 0.496 e. The molecule has 1 aliphatic rings. The van der Waals surface area contributed by atoms with E-state index in [1.165, 1.54) is 0 Å². The number of benzene rings is 1. The highest BCUT2D eigenvalue weighted by Gasteiger charge is 2.40. The Morgan fingerprint density at radius 1 is 1.38 bits per heavy atom. The van der Waals surface area contributed by atoms with Crippen molar-refractivity contribution in [3.63, 3.8) is 0 Å². The van der Waals surface area contributed by atoms with E-state index in [9.17, 15) is 4.79 Å². The van der Waals surface area contributed by atoms with Crippen LogP contribution in [0.4, 0.5) is 0 Å². The summed E-state index contributed by atoms with van der Waals surface area (Å²) in [5.74, 6) is 0.890. The van der Waals surface area contributed by atoms with E-state index in [4.69, 9.17) is 14.2 Å². The number of methoxy groups -OCH3 is 1. The van der Waals surface area contributed by atoms with Gasteiger partial charge in [0, 0.05) is 39.1 Å². The van der Waals surface area contributed by atoms with Gasteiger partial charge in [0.15, 0.2) is 5.78 Å². The number of halogens is 1. The van der Waals surface area contributed by atoms with E-state index in [2.05, 4.69) is 15.9 Å². The van der Waals surface area contributed by atoms with Crippen LogP contribution in [0, 0.1) is 0 Å². The van der Waals surface area contributed by atoms with Gasteiger partial charge in [0.25, 0.3) is 0 Å². The molecule has 1 aliphatic heterocycles. The Morgan fingerprint density at radius 2 is 2.10 bits per heavy atom. The molecular weight excluding hydrogens is 336 g/mol. The van der Waals surface area contributed by atoms with Crippen molar-refractivity contribution in [2.24, 2.45) is 0 Å². The third-order valence-corrected chi connectivity index (χ3v) is 4.43. The zero-order chi connectivity index (χ0) is 15.3. The molecule has 0 unspecified atom stereocenters. The molecule has 0 aromatic heterocycles. The maximum absolute atomic E-state index is 12.7. The lowest BCUT2D eigenvalue weighted by molar-refractivity contribution is -0.156. The van der Waals surface area contributed by atoms with Gasteiger partial charge in [-0.25, -0.2) is 0 Å². The van der Waals surface area contributed by atoms with Crippen LogP contribution in [0.3, 0.4) is 0 Å². The van der Waals surface area contributed by atoms with Gasteiger partial charge in [0.2, 0.25) is 0 Å². The zero-order valence-corrected chi connectivity index (χ0v) is 14.1. The third-order valence-electron chi connectivity index (χ3n) is 3.81. The maximum atomic E-state index is 12.7. The topological polar surface area (TPSA) is 44.8 Å². The lowest BCUT2D eigenvalue weighted by atomic mass is 9.86. The second kappa shape index (κ2) is 7.38. The van der Waals surface area contributed by atoms with Gasteiger partial charge < -0.3 is 14.2 Å². The molecule has 0 amide bonds. The van der Waals surface area contributed by atoms with Crippen LogP contribution in [0.1, 0.15) is 25.3 Å². The van der Waals surface area contributed by atoms with Gasteiger partial charge in [-0.3, -0.25) is 4.79 Å². The standard InChI is InChI=1S/C16H21BrO4/c1-3-21-16(6-8-20-9-7-16)15(18)11-12-4-5-14(19-2)13(17)10-12/h4-5,10H,3,6-9,11H2,1-2H3. The molecule has 21 heavy (non-hydrogen) atoms. The Balaban J connectivity index is 2.13. The Hall–Kier alpha value is -0.910. The normalized spacial score (nSPS) is 17.5. The summed E-state index contributed by atoms with van der Waals surface area (Å²) in [4.78, 5) is 12.7. The van der Waals surface area contributed by atoms with E-state index in [-0.39, 0.29) is 5.78 Å². The minimum absolute atomic E-state index is 0.129. The predicted octanol–water partition coefficient (Wildman–Crippen LogP) is 3.16. The molecule has 0 aliphatic carbocycles. The maximum Gasteiger partial charge on any atom is 0.169 e. The number of ether oxygens (including phenoxy) is 3. The lowest BCUT2D eigenvalue weighted by Gasteiger charge is -2.35. The van der Waals surface area contributed by atoms with Crippen LogP contribution in [0.2, 0.25) is 0 Å². The fraction of sp³-hybridized carbons (Fsp3) is 0.562. The van der Waals surface area contributed by atoms with Crippen LogP contribution >= 0.6 is 15.9 Å². The highest BCUT2D eigenvalue weighted by molar-refractivity contribution is 9.10. The highest BCUT2D eigenvalue weighted by atomic mass is 79.9. The van der Waals surface area contributed by atoms with Gasteiger partial charge in [-0.1, -0.05) is 6.07 Å². The molecule has 1 aromatic carbocycles. The van der Waals surface area contributed by atoms with Gasteiger partial charge in [-0.05, 0) is 40.5 Å². The van der Waals surface area contributed by atoms with E-state index < -0.39 is 5.60 Å². The first-order valence-corrected chi connectivity index (χ1v) is 7.98. The Morgan fingerprint density at radius 3 is 2.67 bits per heavy atom. The quantitative estimate of drug-likeness (QED) is 0.785. The first kappa shape index (κ1) is 16.5. The van der Waals surface area contributed by atoms with Crippen molar-refractivity contribution in [3.8, 4) is 5.75 Å². The molecule has 0 spiro atoms. The molecule has 0 atom stereocenters. The number of rotatable bonds is 6. The fourth-order valence-electron chi connectivity index (χ4n) is 2.65. The number of hydrogen-bond acceptors (Lipinski definition) is 4. The summed E-state index contributed by atoms with van der Waals surface area (Å²) in [5, 5.41) is 0. The van der Waals surface area contributed by atoms with E-state index in [0.717, 1.165) is 15.8 Å².